The lowest BCUT2D eigenvalue weighted by Gasteiger charge is -2.12. The van der Waals surface area contributed by atoms with Gasteiger partial charge in [-0.2, -0.15) is 5.10 Å². The fraction of sp³-hybridized carbons (Fsp3) is 0.385. The molecule has 2 heterocycles. The predicted octanol–water partition coefficient (Wildman–Crippen LogP) is 1.86. The van der Waals surface area contributed by atoms with Crippen molar-refractivity contribution in [2.45, 2.75) is 32.9 Å². The number of hydrogen-bond donors (Lipinski definition) is 1. The molecule has 2 aromatic rings. The van der Waals surface area contributed by atoms with Gasteiger partial charge in [-0.1, -0.05) is 6.92 Å². The van der Waals surface area contributed by atoms with E-state index < -0.39 is 0 Å². The number of nitrogens with zero attached hydrogens (tertiary/aromatic N) is 2. The smallest absolute Gasteiger partial charge is 0.287 e. The molecule has 0 saturated carbocycles. The number of aryl methyl sites for hydroxylation is 1. The van der Waals surface area contributed by atoms with Gasteiger partial charge in [-0.3, -0.25) is 9.48 Å². The van der Waals surface area contributed by atoms with Crippen molar-refractivity contribution in [2.75, 3.05) is 0 Å². The molecule has 0 saturated heterocycles. The molecule has 5 nitrogen and oxygen atoms in total. The first-order valence-electron chi connectivity index (χ1n) is 6.06. The van der Waals surface area contributed by atoms with Crippen LogP contribution in [-0.4, -0.2) is 21.7 Å². The molecule has 2 rings (SSSR count). The average molecular weight is 247 g/mol. The van der Waals surface area contributed by atoms with Crippen molar-refractivity contribution in [3.05, 3.63) is 42.1 Å². The number of amides is 1. The summed E-state index contributed by atoms with van der Waals surface area (Å²) in [6.07, 6.45) is 4.37. The second-order valence-corrected chi connectivity index (χ2v) is 4.22. The number of carbonyl (C=O) groups is 1. The molecule has 0 aliphatic carbocycles. The highest BCUT2D eigenvalue weighted by molar-refractivity contribution is 5.91. The van der Waals surface area contributed by atoms with Crippen LogP contribution in [0.1, 0.15) is 30.2 Å². The normalized spacial score (nSPS) is 12.3. The van der Waals surface area contributed by atoms with Gasteiger partial charge in [-0.15, -0.1) is 0 Å². The fourth-order valence-electron chi connectivity index (χ4n) is 1.72. The first-order valence-corrected chi connectivity index (χ1v) is 6.06. The molecule has 0 aliphatic heterocycles. The van der Waals surface area contributed by atoms with Crippen molar-refractivity contribution < 1.29 is 9.21 Å². The Labute approximate surface area is 106 Å². The molecular formula is C13H17N3O2. The zero-order valence-corrected chi connectivity index (χ0v) is 10.6. The minimum Gasteiger partial charge on any atom is -0.456 e. The van der Waals surface area contributed by atoms with Crippen LogP contribution in [0, 0.1) is 0 Å². The van der Waals surface area contributed by atoms with Gasteiger partial charge >= 0.3 is 0 Å². The predicted molar refractivity (Wildman–Crippen MR) is 67.2 cm³/mol. The SMILES string of the molecule is CCc1ccc(C(=O)N[C@@H](C)Cn2cccn2)o1. The molecule has 18 heavy (non-hydrogen) atoms. The Morgan fingerprint density at radius 1 is 1.56 bits per heavy atom. The molecule has 1 atom stereocenters. The molecule has 0 radical (unpaired) electrons. The Bertz CT molecular complexity index is 502. The van der Waals surface area contributed by atoms with Crippen molar-refractivity contribution in [3.8, 4) is 0 Å². The molecule has 0 fully saturated rings. The van der Waals surface area contributed by atoms with Gasteiger partial charge in [0.05, 0.1) is 6.54 Å². The monoisotopic (exact) mass is 247 g/mol. The summed E-state index contributed by atoms with van der Waals surface area (Å²) >= 11 is 0. The summed E-state index contributed by atoms with van der Waals surface area (Å²) in [6, 6.07) is 5.38. The van der Waals surface area contributed by atoms with Crippen molar-refractivity contribution in [3.63, 3.8) is 0 Å². The van der Waals surface area contributed by atoms with Crippen LogP contribution in [0.5, 0.6) is 0 Å². The van der Waals surface area contributed by atoms with Crippen LogP contribution in [-0.2, 0) is 13.0 Å². The van der Waals surface area contributed by atoms with E-state index in [1.165, 1.54) is 0 Å². The van der Waals surface area contributed by atoms with E-state index in [9.17, 15) is 4.79 Å². The van der Waals surface area contributed by atoms with Gasteiger partial charge in [0, 0.05) is 24.9 Å². The van der Waals surface area contributed by atoms with Crippen LogP contribution in [0.4, 0.5) is 0 Å². The van der Waals surface area contributed by atoms with Crippen LogP contribution in [0.3, 0.4) is 0 Å². The maximum atomic E-state index is 11.9. The standard InChI is InChI=1S/C13H17N3O2/c1-3-11-5-6-12(18-11)13(17)15-10(2)9-16-8-4-7-14-16/h4-8,10H,3,9H2,1-2H3,(H,15,17)/t10-/m0/s1. The van der Waals surface area contributed by atoms with Crippen molar-refractivity contribution in [1.29, 1.82) is 0 Å². The van der Waals surface area contributed by atoms with Crippen molar-refractivity contribution >= 4 is 5.91 Å². The molecule has 0 aliphatic rings. The van der Waals surface area contributed by atoms with E-state index >= 15 is 0 Å². The fourth-order valence-corrected chi connectivity index (χ4v) is 1.72. The third-order valence-electron chi connectivity index (χ3n) is 2.63. The Hall–Kier alpha value is -2.04. The zero-order chi connectivity index (χ0) is 13.0. The van der Waals surface area contributed by atoms with Gasteiger partial charge in [0.2, 0.25) is 0 Å². The van der Waals surface area contributed by atoms with Crippen LogP contribution in [0.25, 0.3) is 0 Å². The molecule has 0 spiro atoms. The van der Waals surface area contributed by atoms with E-state index in [4.69, 9.17) is 4.42 Å². The Morgan fingerprint density at radius 2 is 2.39 bits per heavy atom. The minimum absolute atomic E-state index is 0.00687. The number of furan rings is 1. The highest BCUT2D eigenvalue weighted by Gasteiger charge is 2.13. The number of aromatic nitrogens is 2. The quantitative estimate of drug-likeness (QED) is 0.877. The van der Waals surface area contributed by atoms with E-state index in [1.54, 1.807) is 16.9 Å². The van der Waals surface area contributed by atoms with E-state index in [0.29, 0.717) is 12.3 Å². The molecule has 0 unspecified atom stereocenters. The zero-order valence-electron chi connectivity index (χ0n) is 10.6. The third-order valence-corrected chi connectivity index (χ3v) is 2.63. The lowest BCUT2D eigenvalue weighted by atomic mass is 10.3. The highest BCUT2D eigenvalue weighted by Crippen LogP contribution is 2.08. The van der Waals surface area contributed by atoms with E-state index in [-0.39, 0.29) is 11.9 Å². The Balaban J connectivity index is 1.90. The second-order valence-electron chi connectivity index (χ2n) is 4.22. The third kappa shape index (κ3) is 3.00. The molecule has 1 N–H and O–H groups in total. The highest BCUT2D eigenvalue weighted by atomic mass is 16.3. The molecular weight excluding hydrogens is 230 g/mol. The van der Waals surface area contributed by atoms with Crippen molar-refractivity contribution in [2.24, 2.45) is 0 Å². The number of nitrogens with one attached hydrogen (secondary N) is 1. The lowest BCUT2D eigenvalue weighted by Crippen LogP contribution is -2.35. The number of hydrogen-bond acceptors (Lipinski definition) is 3. The van der Waals surface area contributed by atoms with Crippen LogP contribution < -0.4 is 5.32 Å². The van der Waals surface area contributed by atoms with Crippen molar-refractivity contribution in [1.82, 2.24) is 15.1 Å². The summed E-state index contributed by atoms with van der Waals surface area (Å²) in [5.74, 6) is 0.994. The molecule has 1 amide bonds. The summed E-state index contributed by atoms with van der Waals surface area (Å²) in [6.45, 7) is 4.56. The largest absolute Gasteiger partial charge is 0.456 e. The van der Waals surface area contributed by atoms with Crippen LogP contribution >= 0.6 is 0 Å². The Morgan fingerprint density at radius 3 is 3.00 bits per heavy atom. The summed E-state index contributed by atoms with van der Waals surface area (Å²) in [7, 11) is 0. The first-order chi connectivity index (χ1) is 8.69. The minimum atomic E-state index is -0.186. The lowest BCUT2D eigenvalue weighted by molar-refractivity contribution is 0.0906. The molecule has 0 aromatic carbocycles. The maximum Gasteiger partial charge on any atom is 0.287 e. The molecule has 2 aromatic heterocycles. The summed E-state index contributed by atoms with van der Waals surface area (Å²) < 4.78 is 7.18. The van der Waals surface area contributed by atoms with E-state index in [2.05, 4.69) is 10.4 Å². The summed E-state index contributed by atoms with van der Waals surface area (Å²) in [5, 5.41) is 6.97. The van der Waals surface area contributed by atoms with Gasteiger partial charge < -0.3 is 9.73 Å². The van der Waals surface area contributed by atoms with Gasteiger partial charge in [0.15, 0.2) is 5.76 Å². The van der Waals surface area contributed by atoms with E-state index in [1.807, 2.05) is 32.2 Å². The van der Waals surface area contributed by atoms with Gasteiger partial charge in [0.25, 0.3) is 5.91 Å². The van der Waals surface area contributed by atoms with E-state index in [0.717, 1.165) is 12.2 Å². The second kappa shape index (κ2) is 5.53. The topological polar surface area (TPSA) is 60.1 Å². The van der Waals surface area contributed by atoms with Crippen LogP contribution in [0.15, 0.2) is 35.0 Å². The first kappa shape index (κ1) is 12.4. The summed E-state index contributed by atoms with van der Waals surface area (Å²) in [5.41, 5.74) is 0. The maximum absolute atomic E-state index is 11.9. The molecule has 96 valence electrons. The van der Waals surface area contributed by atoms with Gasteiger partial charge in [-0.05, 0) is 25.1 Å². The van der Waals surface area contributed by atoms with Gasteiger partial charge in [-0.25, -0.2) is 0 Å². The Kier molecular flexibility index (Phi) is 3.82. The number of carbonyl (C=O) groups excluding carboxylic acids is 1. The average Bonchev–Trinajstić information content (AvgIpc) is 2.98. The molecule has 5 heteroatoms. The van der Waals surface area contributed by atoms with Crippen LogP contribution in [0.2, 0.25) is 0 Å². The van der Waals surface area contributed by atoms with Gasteiger partial charge in [0.1, 0.15) is 5.76 Å². The molecule has 0 bridgehead atoms. The number of rotatable bonds is 5. The summed E-state index contributed by atoms with van der Waals surface area (Å²) in [4.78, 5) is 11.9.